The second-order valence-electron chi connectivity index (χ2n) is 4.14. The van der Waals surface area contributed by atoms with E-state index in [0.29, 0.717) is 13.1 Å². The van der Waals surface area contributed by atoms with E-state index in [1.165, 1.54) is 9.80 Å². The zero-order valence-electron chi connectivity index (χ0n) is 11.0. The van der Waals surface area contributed by atoms with Crippen molar-refractivity contribution in [3.05, 3.63) is 34.3 Å². The Kier molecular flexibility index (Phi) is 5.82. The van der Waals surface area contributed by atoms with E-state index in [4.69, 9.17) is 5.11 Å². The van der Waals surface area contributed by atoms with Crippen LogP contribution >= 0.6 is 15.9 Å². The van der Waals surface area contributed by atoms with Gasteiger partial charge in [-0.3, -0.25) is 4.79 Å². The summed E-state index contributed by atoms with van der Waals surface area (Å²) in [6.07, 6.45) is 0. The van der Waals surface area contributed by atoms with E-state index in [2.05, 4.69) is 15.9 Å². The maximum atomic E-state index is 12.1. The zero-order chi connectivity index (χ0) is 14.4. The molecule has 1 aromatic carbocycles. The highest BCUT2D eigenvalue weighted by Crippen LogP contribution is 2.17. The van der Waals surface area contributed by atoms with Crippen molar-refractivity contribution in [1.29, 1.82) is 0 Å². The van der Waals surface area contributed by atoms with Crippen molar-refractivity contribution in [3.63, 3.8) is 0 Å². The van der Waals surface area contributed by atoms with Gasteiger partial charge >= 0.3 is 12.0 Å². The van der Waals surface area contributed by atoms with Crippen LogP contribution in [0.25, 0.3) is 0 Å². The first-order chi connectivity index (χ1) is 8.95. The third-order valence-electron chi connectivity index (χ3n) is 2.67. The van der Waals surface area contributed by atoms with Gasteiger partial charge in [0.25, 0.3) is 0 Å². The van der Waals surface area contributed by atoms with Crippen LogP contribution in [-0.4, -0.2) is 47.0 Å². The maximum Gasteiger partial charge on any atom is 0.323 e. The molecule has 0 radical (unpaired) electrons. The molecule has 0 unspecified atom stereocenters. The van der Waals surface area contributed by atoms with Crippen molar-refractivity contribution in [2.45, 2.75) is 13.5 Å². The van der Waals surface area contributed by atoms with Gasteiger partial charge in [0.05, 0.1) is 0 Å². The minimum Gasteiger partial charge on any atom is -0.480 e. The van der Waals surface area contributed by atoms with E-state index in [1.807, 2.05) is 24.3 Å². The number of hydrogen-bond donors (Lipinski definition) is 1. The molecule has 0 aromatic heterocycles. The zero-order valence-corrected chi connectivity index (χ0v) is 12.6. The molecule has 1 aromatic rings. The SMILES string of the molecule is CCN(CC(=O)O)C(=O)N(C)Cc1ccccc1Br. The Labute approximate surface area is 120 Å². The van der Waals surface area contributed by atoms with E-state index in [-0.39, 0.29) is 12.6 Å². The summed E-state index contributed by atoms with van der Waals surface area (Å²) < 4.78 is 0.927. The highest BCUT2D eigenvalue weighted by molar-refractivity contribution is 9.10. The Morgan fingerprint density at radius 2 is 1.95 bits per heavy atom. The number of halogens is 1. The molecule has 104 valence electrons. The Morgan fingerprint density at radius 1 is 1.32 bits per heavy atom. The second kappa shape index (κ2) is 7.13. The fourth-order valence-electron chi connectivity index (χ4n) is 1.67. The summed E-state index contributed by atoms with van der Waals surface area (Å²) in [5.74, 6) is -1.01. The van der Waals surface area contributed by atoms with E-state index < -0.39 is 5.97 Å². The molecule has 0 spiro atoms. The number of carbonyl (C=O) groups is 2. The average molecular weight is 329 g/mol. The number of carboxylic acids is 1. The number of amides is 2. The van der Waals surface area contributed by atoms with Gasteiger partial charge in [0.2, 0.25) is 0 Å². The standard InChI is InChI=1S/C13H17BrN2O3/c1-3-16(9-12(17)18)13(19)15(2)8-10-6-4-5-7-11(10)14/h4-7H,3,8-9H2,1-2H3,(H,17,18). The first-order valence-electron chi connectivity index (χ1n) is 5.91. The number of likely N-dealkylation sites (N-methyl/N-ethyl adjacent to an activating group) is 1. The predicted octanol–water partition coefficient (Wildman–Crippen LogP) is 2.41. The third-order valence-corrected chi connectivity index (χ3v) is 3.44. The third kappa shape index (κ3) is 4.55. The summed E-state index contributed by atoms with van der Waals surface area (Å²) in [7, 11) is 1.66. The molecule has 2 amide bonds. The molecular weight excluding hydrogens is 312 g/mol. The quantitative estimate of drug-likeness (QED) is 0.902. The Morgan fingerprint density at radius 3 is 2.47 bits per heavy atom. The smallest absolute Gasteiger partial charge is 0.323 e. The molecule has 0 aliphatic heterocycles. The molecule has 1 rings (SSSR count). The fourth-order valence-corrected chi connectivity index (χ4v) is 2.08. The lowest BCUT2D eigenvalue weighted by Gasteiger charge is -2.26. The fraction of sp³-hybridized carbons (Fsp3) is 0.385. The van der Waals surface area contributed by atoms with E-state index in [0.717, 1.165) is 10.0 Å². The number of benzene rings is 1. The molecular formula is C13H17BrN2O3. The van der Waals surface area contributed by atoms with Gasteiger partial charge < -0.3 is 14.9 Å². The largest absolute Gasteiger partial charge is 0.480 e. The number of aliphatic carboxylic acids is 1. The molecule has 0 saturated carbocycles. The number of nitrogens with zero attached hydrogens (tertiary/aromatic N) is 2. The lowest BCUT2D eigenvalue weighted by Crippen LogP contribution is -2.43. The molecule has 0 aliphatic carbocycles. The molecule has 0 atom stereocenters. The first kappa shape index (κ1) is 15.5. The first-order valence-corrected chi connectivity index (χ1v) is 6.70. The molecule has 0 heterocycles. The molecule has 0 saturated heterocycles. The number of carboxylic acid groups (broad SMARTS) is 1. The topological polar surface area (TPSA) is 60.9 Å². The summed E-state index contributed by atoms with van der Waals surface area (Å²) in [6.45, 7) is 2.27. The van der Waals surface area contributed by atoms with Crippen molar-refractivity contribution in [3.8, 4) is 0 Å². The maximum absolute atomic E-state index is 12.1. The molecule has 19 heavy (non-hydrogen) atoms. The van der Waals surface area contributed by atoms with Gasteiger partial charge in [-0.25, -0.2) is 4.79 Å². The Bertz CT molecular complexity index is 465. The lowest BCUT2D eigenvalue weighted by atomic mass is 10.2. The molecule has 0 aliphatic rings. The van der Waals surface area contributed by atoms with E-state index >= 15 is 0 Å². The summed E-state index contributed by atoms with van der Waals surface area (Å²) in [5.41, 5.74) is 0.977. The van der Waals surface area contributed by atoms with Gasteiger partial charge in [-0.1, -0.05) is 34.1 Å². The van der Waals surface area contributed by atoms with Crippen LogP contribution in [0.15, 0.2) is 28.7 Å². The van der Waals surface area contributed by atoms with Crippen LogP contribution in [-0.2, 0) is 11.3 Å². The van der Waals surface area contributed by atoms with Gasteiger partial charge in [0.1, 0.15) is 6.54 Å². The highest BCUT2D eigenvalue weighted by Gasteiger charge is 2.19. The van der Waals surface area contributed by atoms with Crippen molar-refractivity contribution in [2.24, 2.45) is 0 Å². The molecule has 5 nitrogen and oxygen atoms in total. The van der Waals surface area contributed by atoms with Gasteiger partial charge in [-0.15, -0.1) is 0 Å². The molecule has 0 fully saturated rings. The summed E-state index contributed by atoms with van der Waals surface area (Å²) in [6, 6.07) is 7.33. The normalized spacial score (nSPS) is 10.1. The summed E-state index contributed by atoms with van der Waals surface area (Å²) >= 11 is 3.42. The van der Waals surface area contributed by atoms with Crippen LogP contribution in [0, 0.1) is 0 Å². The Hall–Kier alpha value is -1.56. The van der Waals surface area contributed by atoms with Crippen molar-refractivity contribution >= 4 is 27.9 Å². The van der Waals surface area contributed by atoms with Crippen molar-refractivity contribution < 1.29 is 14.7 Å². The number of hydrogen-bond acceptors (Lipinski definition) is 2. The summed E-state index contributed by atoms with van der Waals surface area (Å²) in [4.78, 5) is 25.6. The highest BCUT2D eigenvalue weighted by atomic mass is 79.9. The monoisotopic (exact) mass is 328 g/mol. The number of urea groups is 1. The molecule has 0 bridgehead atoms. The lowest BCUT2D eigenvalue weighted by molar-refractivity contribution is -0.137. The van der Waals surface area contributed by atoms with Crippen molar-refractivity contribution in [1.82, 2.24) is 9.80 Å². The molecule has 1 N–H and O–H groups in total. The van der Waals surface area contributed by atoms with E-state index in [1.54, 1.807) is 14.0 Å². The summed E-state index contributed by atoms with van der Waals surface area (Å²) in [5, 5.41) is 8.76. The van der Waals surface area contributed by atoms with Gasteiger partial charge in [0.15, 0.2) is 0 Å². The molecule has 6 heteroatoms. The van der Waals surface area contributed by atoms with Gasteiger partial charge in [-0.05, 0) is 18.6 Å². The van der Waals surface area contributed by atoms with Crippen LogP contribution in [0.3, 0.4) is 0 Å². The van der Waals surface area contributed by atoms with E-state index in [9.17, 15) is 9.59 Å². The minimum absolute atomic E-state index is 0.282. The van der Waals surface area contributed by atoms with Crippen LogP contribution in [0.4, 0.5) is 4.79 Å². The van der Waals surface area contributed by atoms with Crippen LogP contribution in [0.2, 0.25) is 0 Å². The van der Waals surface area contributed by atoms with Crippen molar-refractivity contribution in [2.75, 3.05) is 20.1 Å². The van der Waals surface area contributed by atoms with Crippen LogP contribution < -0.4 is 0 Å². The van der Waals surface area contributed by atoms with Crippen LogP contribution in [0.1, 0.15) is 12.5 Å². The average Bonchev–Trinajstić information content (AvgIpc) is 2.37. The minimum atomic E-state index is -1.01. The van der Waals surface area contributed by atoms with Gasteiger partial charge in [0, 0.05) is 24.6 Å². The second-order valence-corrected chi connectivity index (χ2v) is 4.99. The van der Waals surface area contributed by atoms with Crippen LogP contribution in [0.5, 0.6) is 0 Å². The Balaban J connectivity index is 2.71. The van der Waals surface area contributed by atoms with Gasteiger partial charge in [-0.2, -0.15) is 0 Å². The predicted molar refractivity (Wildman–Crippen MR) is 75.9 cm³/mol. The number of rotatable bonds is 5. The number of carbonyl (C=O) groups excluding carboxylic acids is 1.